The molecule has 0 heterocycles. The molecule has 0 saturated heterocycles. The molecular formula is C16H25NO4S2. The highest BCUT2D eigenvalue weighted by Gasteiger charge is 2.58. The monoisotopic (exact) mass is 359 g/mol. The molecule has 23 heavy (non-hydrogen) atoms. The van der Waals surface area contributed by atoms with Gasteiger partial charge < -0.3 is 0 Å². The van der Waals surface area contributed by atoms with Crippen LogP contribution in [0, 0.1) is 0 Å². The van der Waals surface area contributed by atoms with Gasteiger partial charge in [-0.3, -0.25) is 0 Å². The van der Waals surface area contributed by atoms with Gasteiger partial charge in [-0.1, -0.05) is 25.5 Å². The molecule has 1 aliphatic carbocycles. The van der Waals surface area contributed by atoms with Crippen molar-refractivity contribution in [2.24, 2.45) is 0 Å². The molecule has 0 amide bonds. The smallest absolute Gasteiger partial charge is 0.228 e. The maximum Gasteiger partial charge on any atom is 0.243 e. The summed E-state index contributed by atoms with van der Waals surface area (Å²) in [6, 6.07) is 6.31. The summed E-state index contributed by atoms with van der Waals surface area (Å²) in [6.45, 7) is 3.72. The first-order chi connectivity index (χ1) is 10.6. The third-order valence-electron chi connectivity index (χ3n) is 4.90. The van der Waals surface area contributed by atoms with E-state index in [1.165, 1.54) is 17.6 Å². The number of benzene rings is 1. The lowest BCUT2D eigenvalue weighted by atomic mass is 10.1. The van der Waals surface area contributed by atoms with Crippen LogP contribution in [-0.2, 0) is 26.3 Å². The van der Waals surface area contributed by atoms with E-state index in [1.54, 1.807) is 25.1 Å². The maximum absolute atomic E-state index is 12.9. The summed E-state index contributed by atoms with van der Waals surface area (Å²) >= 11 is 0. The van der Waals surface area contributed by atoms with Crippen molar-refractivity contribution in [2.75, 3.05) is 13.3 Å². The van der Waals surface area contributed by atoms with Crippen LogP contribution < -0.4 is 0 Å². The van der Waals surface area contributed by atoms with Gasteiger partial charge in [0.1, 0.15) is 0 Å². The van der Waals surface area contributed by atoms with Gasteiger partial charge in [0.2, 0.25) is 10.0 Å². The van der Waals surface area contributed by atoms with Crippen molar-refractivity contribution in [3.05, 3.63) is 29.8 Å². The van der Waals surface area contributed by atoms with Gasteiger partial charge in [0.15, 0.2) is 9.84 Å². The zero-order valence-electron chi connectivity index (χ0n) is 14.1. The Morgan fingerprint density at radius 1 is 1.22 bits per heavy atom. The Balaban J connectivity index is 2.34. The van der Waals surface area contributed by atoms with Crippen molar-refractivity contribution in [3.8, 4) is 0 Å². The Bertz CT molecular complexity index is 780. The molecule has 0 radical (unpaired) electrons. The van der Waals surface area contributed by atoms with Crippen LogP contribution in [0.3, 0.4) is 0 Å². The molecule has 1 aliphatic rings. The van der Waals surface area contributed by atoms with Crippen LogP contribution in [0.2, 0.25) is 0 Å². The van der Waals surface area contributed by atoms with E-state index in [0.717, 1.165) is 18.4 Å². The highest BCUT2D eigenvalue weighted by Crippen LogP contribution is 2.48. The van der Waals surface area contributed by atoms with E-state index in [4.69, 9.17) is 0 Å². The molecule has 0 aromatic heterocycles. The number of hydrogen-bond acceptors (Lipinski definition) is 4. The van der Waals surface area contributed by atoms with Crippen LogP contribution in [0.15, 0.2) is 29.2 Å². The molecule has 1 atom stereocenters. The Morgan fingerprint density at radius 3 is 2.30 bits per heavy atom. The third kappa shape index (κ3) is 3.32. The Hall–Kier alpha value is -0.920. The second-order valence-electron chi connectivity index (χ2n) is 6.43. The van der Waals surface area contributed by atoms with E-state index < -0.39 is 30.6 Å². The second-order valence-corrected chi connectivity index (χ2v) is 10.8. The Kier molecular flexibility index (Phi) is 4.95. The topological polar surface area (TPSA) is 71.5 Å². The lowest BCUT2D eigenvalue weighted by Crippen LogP contribution is -2.47. The van der Waals surface area contributed by atoms with Crippen LogP contribution in [0.25, 0.3) is 0 Å². The lowest BCUT2D eigenvalue weighted by molar-refractivity contribution is 0.364. The number of aryl methyl sites for hydroxylation is 1. The summed E-state index contributed by atoms with van der Waals surface area (Å²) < 4.78 is 50.1. The normalized spacial score (nSPS) is 18.8. The van der Waals surface area contributed by atoms with Crippen LogP contribution in [0.4, 0.5) is 0 Å². The SMILES string of the molecule is CCCc1cccc(S(=O)(=O)N(C)C(C)C2(S(C)(=O)=O)CC2)c1. The van der Waals surface area contributed by atoms with E-state index >= 15 is 0 Å². The maximum atomic E-state index is 12.9. The Morgan fingerprint density at radius 2 is 1.83 bits per heavy atom. The minimum atomic E-state index is -3.71. The first-order valence-electron chi connectivity index (χ1n) is 7.83. The fraction of sp³-hybridized carbons (Fsp3) is 0.625. The summed E-state index contributed by atoms with van der Waals surface area (Å²) in [4.78, 5) is 0.224. The molecular weight excluding hydrogens is 334 g/mol. The predicted octanol–water partition coefficient (Wildman–Crippen LogP) is 2.23. The van der Waals surface area contributed by atoms with Gasteiger partial charge in [0, 0.05) is 19.3 Å². The van der Waals surface area contributed by atoms with Crippen molar-refractivity contribution in [3.63, 3.8) is 0 Å². The highest BCUT2D eigenvalue weighted by atomic mass is 32.2. The van der Waals surface area contributed by atoms with Crippen molar-refractivity contribution >= 4 is 19.9 Å². The molecule has 5 nitrogen and oxygen atoms in total. The van der Waals surface area contributed by atoms with E-state index in [-0.39, 0.29) is 4.90 Å². The largest absolute Gasteiger partial charge is 0.243 e. The fourth-order valence-corrected chi connectivity index (χ4v) is 6.27. The van der Waals surface area contributed by atoms with Crippen LogP contribution in [0.1, 0.15) is 38.7 Å². The van der Waals surface area contributed by atoms with Gasteiger partial charge in [0.25, 0.3) is 0 Å². The van der Waals surface area contributed by atoms with Crippen LogP contribution in [0.5, 0.6) is 0 Å². The number of hydrogen-bond donors (Lipinski definition) is 0. The minimum Gasteiger partial charge on any atom is -0.228 e. The van der Waals surface area contributed by atoms with Gasteiger partial charge in [0.05, 0.1) is 9.64 Å². The third-order valence-corrected chi connectivity index (χ3v) is 9.05. The molecule has 1 aromatic carbocycles. The number of nitrogens with zero attached hydrogens (tertiary/aromatic N) is 1. The van der Waals surface area contributed by atoms with Gasteiger partial charge in [-0.25, -0.2) is 16.8 Å². The summed E-state index contributed by atoms with van der Waals surface area (Å²) in [5.41, 5.74) is 0.971. The molecule has 2 rings (SSSR count). The van der Waals surface area contributed by atoms with E-state index in [2.05, 4.69) is 0 Å². The number of sulfone groups is 1. The van der Waals surface area contributed by atoms with Gasteiger partial charge >= 0.3 is 0 Å². The molecule has 1 unspecified atom stereocenters. The number of rotatable bonds is 7. The highest BCUT2D eigenvalue weighted by molar-refractivity contribution is 7.92. The molecule has 1 saturated carbocycles. The van der Waals surface area contributed by atoms with Crippen molar-refractivity contribution < 1.29 is 16.8 Å². The van der Waals surface area contributed by atoms with E-state index in [1.807, 2.05) is 13.0 Å². The van der Waals surface area contributed by atoms with Gasteiger partial charge in [-0.15, -0.1) is 0 Å². The molecule has 0 N–H and O–H groups in total. The van der Waals surface area contributed by atoms with Crippen molar-refractivity contribution in [1.29, 1.82) is 0 Å². The lowest BCUT2D eigenvalue weighted by Gasteiger charge is -2.30. The van der Waals surface area contributed by atoms with Gasteiger partial charge in [-0.2, -0.15) is 4.31 Å². The molecule has 1 fully saturated rings. The van der Waals surface area contributed by atoms with E-state index in [9.17, 15) is 16.8 Å². The van der Waals surface area contributed by atoms with E-state index in [0.29, 0.717) is 12.8 Å². The summed E-state index contributed by atoms with van der Waals surface area (Å²) in [5.74, 6) is 0. The summed E-state index contributed by atoms with van der Waals surface area (Å²) in [5, 5.41) is 0. The zero-order valence-corrected chi connectivity index (χ0v) is 15.7. The fourth-order valence-electron chi connectivity index (χ4n) is 3.08. The first-order valence-corrected chi connectivity index (χ1v) is 11.2. The molecule has 0 aliphatic heterocycles. The standard InChI is InChI=1S/C16H25NO4S2/c1-5-7-14-8-6-9-15(12-14)23(20,21)17(3)13(2)16(10-11-16)22(4,18)19/h6,8-9,12-13H,5,7,10-11H2,1-4H3. The Labute approximate surface area is 139 Å². The quantitative estimate of drug-likeness (QED) is 0.748. The summed E-state index contributed by atoms with van der Waals surface area (Å²) in [6.07, 6.45) is 3.98. The van der Waals surface area contributed by atoms with Crippen molar-refractivity contribution in [1.82, 2.24) is 4.31 Å². The summed E-state index contributed by atoms with van der Waals surface area (Å²) in [7, 11) is -5.54. The molecule has 1 aromatic rings. The van der Waals surface area contributed by atoms with Crippen LogP contribution >= 0.6 is 0 Å². The molecule has 7 heteroatoms. The second kappa shape index (κ2) is 6.18. The molecule has 0 spiro atoms. The predicted molar refractivity (Wildman–Crippen MR) is 91.7 cm³/mol. The molecule has 130 valence electrons. The minimum absolute atomic E-state index is 0.224. The number of sulfonamides is 1. The average Bonchev–Trinajstić information content (AvgIpc) is 3.27. The zero-order chi connectivity index (χ0) is 17.5. The van der Waals surface area contributed by atoms with Crippen LogP contribution in [-0.4, -0.2) is 45.2 Å². The molecule has 0 bridgehead atoms. The average molecular weight is 360 g/mol. The first kappa shape index (κ1) is 18.4. The van der Waals surface area contributed by atoms with Gasteiger partial charge in [-0.05, 0) is 43.9 Å². The van der Waals surface area contributed by atoms with Crippen molar-refractivity contribution in [2.45, 2.75) is 55.2 Å².